The van der Waals surface area contributed by atoms with Gasteiger partial charge in [-0.2, -0.15) is 0 Å². The minimum atomic E-state index is 0.451. The fraction of sp³-hybridized carbons (Fsp3) is 0.308. The molecule has 3 nitrogen and oxygen atoms in total. The van der Waals surface area contributed by atoms with Crippen LogP contribution in [0.2, 0.25) is 0 Å². The molecule has 0 bridgehead atoms. The smallest absolute Gasteiger partial charge is 0.136 e. The average molecular weight is 215 g/mol. The molecule has 0 aromatic carbocycles. The highest BCUT2D eigenvalue weighted by atomic mass is 15.0. The highest BCUT2D eigenvalue weighted by molar-refractivity contribution is 5.39. The van der Waals surface area contributed by atoms with E-state index < -0.39 is 0 Å². The second kappa shape index (κ2) is 4.94. The van der Waals surface area contributed by atoms with E-state index in [4.69, 9.17) is 0 Å². The average Bonchev–Trinajstić information content (AvgIpc) is 2.70. The van der Waals surface area contributed by atoms with Crippen molar-refractivity contribution in [2.45, 2.75) is 25.9 Å². The van der Waals surface area contributed by atoms with Crippen molar-refractivity contribution < 1.29 is 0 Å². The van der Waals surface area contributed by atoms with E-state index in [2.05, 4.69) is 28.2 Å². The first-order chi connectivity index (χ1) is 7.81. The lowest BCUT2D eigenvalue weighted by Gasteiger charge is -2.10. The quantitative estimate of drug-likeness (QED) is 0.776. The molecular formula is C13H17N3. The molecule has 2 rings (SSSR count). The minimum absolute atomic E-state index is 0.451. The van der Waals surface area contributed by atoms with Crippen LogP contribution in [0.3, 0.4) is 0 Å². The van der Waals surface area contributed by atoms with Crippen molar-refractivity contribution in [1.82, 2.24) is 14.7 Å². The first-order valence-corrected chi connectivity index (χ1v) is 5.56. The zero-order valence-corrected chi connectivity index (χ0v) is 9.56. The van der Waals surface area contributed by atoms with Crippen molar-refractivity contribution >= 4 is 5.65 Å². The Labute approximate surface area is 95.8 Å². The van der Waals surface area contributed by atoms with Crippen molar-refractivity contribution in [3.05, 3.63) is 48.9 Å². The number of nitrogens with one attached hydrogen (secondary N) is 1. The highest BCUT2D eigenvalue weighted by Crippen LogP contribution is 2.06. The van der Waals surface area contributed by atoms with Crippen molar-refractivity contribution in [2.24, 2.45) is 0 Å². The standard InChI is InChI=1S/C13H17N3/c1-3-6-11(2)14-9-12-10-15-13-7-4-5-8-16(12)13/h3-5,7-8,10-11,14H,1,6,9H2,2H3. The summed E-state index contributed by atoms with van der Waals surface area (Å²) in [5.41, 5.74) is 2.18. The van der Waals surface area contributed by atoms with Gasteiger partial charge in [0.1, 0.15) is 5.65 Å². The van der Waals surface area contributed by atoms with E-state index in [1.54, 1.807) is 0 Å². The zero-order chi connectivity index (χ0) is 11.4. The third-order valence-corrected chi connectivity index (χ3v) is 2.65. The number of hydrogen-bond donors (Lipinski definition) is 1. The Hall–Kier alpha value is -1.61. The maximum atomic E-state index is 4.35. The van der Waals surface area contributed by atoms with Crippen LogP contribution in [0.5, 0.6) is 0 Å². The Morgan fingerprint density at radius 2 is 2.44 bits per heavy atom. The van der Waals surface area contributed by atoms with E-state index in [1.165, 1.54) is 5.69 Å². The second-order valence-electron chi connectivity index (χ2n) is 3.98. The van der Waals surface area contributed by atoms with Gasteiger partial charge in [0.2, 0.25) is 0 Å². The summed E-state index contributed by atoms with van der Waals surface area (Å²) < 4.78 is 2.10. The van der Waals surface area contributed by atoms with Gasteiger partial charge in [-0.1, -0.05) is 12.1 Å². The number of nitrogens with zero attached hydrogens (tertiary/aromatic N) is 2. The Morgan fingerprint density at radius 3 is 3.25 bits per heavy atom. The third kappa shape index (κ3) is 2.31. The van der Waals surface area contributed by atoms with Crippen molar-refractivity contribution in [3.8, 4) is 0 Å². The van der Waals surface area contributed by atoms with Gasteiger partial charge in [-0.15, -0.1) is 6.58 Å². The van der Waals surface area contributed by atoms with Crippen LogP contribution in [0.4, 0.5) is 0 Å². The molecule has 1 unspecified atom stereocenters. The molecule has 2 aromatic heterocycles. The maximum absolute atomic E-state index is 4.35. The third-order valence-electron chi connectivity index (χ3n) is 2.65. The molecule has 0 radical (unpaired) electrons. The van der Waals surface area contributed by atoms with Gasteiger partial charge in [0.15, 0.2) is 0 Å². The van der Waals surface area contributed by atoms with Crippen molar-refractivity contribution in [2.75, 3.05) is 0 Å². The lowest BCUT2D eigenvalue weighted by atomic mass is 10.2. The van der Waals surface area contributed by atoms with Gasteiger partial charge in [-0.25, -0.2) is 4.98 Å². The van der Waals surface area contributed by atoms with Gasteiger partial charge in [0.25, 0.3) is 0 Å². The Balaban J connectivity index is 2.07. The van der Waals surface area contributed by atoms with Crippen LogP contribution in [0, 0.1) is 0 Å². The van der Waals surface area contributed by atoms with Gasteiger partial charge in [-0.3, -0.25) is 0 Å². The lowest BCUT2D eigenvalue weighted by molar-refractivity contribution is 0.546. The maximum Gasteiger partial charge on any atom is 0.136 e. The van der Waals surface area contributed by atoms with Crippen LogP contribution in [0.1, 0.15) is 19.0 Å². The van der Waals surface area contributed by atoms with Gasteiger partial charge in [-0.05, 0) is 25.5 Å². The van der Waals surface area contributed by atoms with E-state index in [0.717, 1.165) is 18.6 Å². The molecule has 2 aromatic rings. The van der Waals surface area contributed by atoms with Gasteiger partial charge in [0.05, 0.1) is 11.9 Å². The lowest BCUT2D eigenvalue weighted by Crippen LogP contribution is -2.25. The molecule has 1 atom stereocenters. The van der Waals surface area contributed by atoms with Crippen LogP contribution < -0.4 is 5.32 Å². The molecule has 2 heterocycles. The molecule has 0 aliphatic rings. The number of pyridine rings is 1. The molecule has 84 valence electrons. The predicted octanol–water partition coefficient (Wildman–Crippen LogP) is 2.39. The Morgan fingerprint density at radius 1 is 1.56 bits per heavy atom. The number of rotatable bonds is 5. The molecule has 0 aliphatic heterocycles. The first kappa shape index (κ1) is 10.9. The van der Waals surface area contributed by atoms with E-state index in [9.17, 15) is 0 Å². The largest absolute Gasteiger partial charge is 0.308 e. The molecular weight excluding hydrogens is 198 g/mol. The molecule has 3 heteroatoms. The highest BCUT2D eigenvalue weighted by Gasteiger charge is 2.03. The molecule has 0 aliphatic carbocycles. The Kier molecular flexibility index (Phi) is 3.37. The molecule has 0 spiro atoms. The molecule has 16 heavy (non-hydrogen) atoms. The number of aromatic nitrogens is 2. The monoisotopic (exact) mass is 215 g/mol. The topological polar surface area (TPSA) is 29.3 Å². The molecule has 0 saturated heterocycles. The van der Waals surface area contributed by atoms with Crippen molar-refractivity contribution in [1.29, 1.82) is 0 Å². The summed E-state index contributed by atoms with van der Waals surface area (Å²) in [6.07, 6.45) is 6.88. The Bertz CT molecular complexity index is 473. The van der Waals surface area contributed by atoms with E-state index >= 15 is 0 Å². The molecule has 0 fully saturated rings. The molecule has 0 amide bonds. The van der Waals surface area contributed by atoms with Crippen LogP contribution in [-0.2, 0) is 6.54 Å². The summed E-state index contributed by atoms with van der Waals surface area (Å²) in [5, 5.41) is 3.45. The van der Waals surface area contributed by atoms with Gasteiger partial charge in [0, 0.05) is 18.8 Å². The SMILES string of the molecule is C=CCC(C)NCc1cnc2ccccn12. The summed E-state index contributed by atoms with van der Waals surface area (Å²) in [5.74, 6) is 0. The van der Waals surface area contributed by atoms with E-state index in [0.29, 0.717) is 6.04 Å². The molecule has 0 saturated carbocycles. The summed E-state index contributed by atoms with van der Waals surface area (Å²) in [4.78, 5) is 4.35. The fourth-order valence-corrected chi connectivity index (χ4v) is 1.73. The van der Waals surface area contributed by atoms with E-state index in [-0.39, 0.29) is 0 Å². The zero-order valence-electron chi connectivity index (χ0n) is 9.56. The van der Waals surface area contributed by atoms with Crippen LogP contribution in [0.15, 0.2) is 43.2 Å². The van der Waals surface area contributed by atoms with Crippen LogP contribution in [0.25, 0.3) is 5.65 Å². The minimum Gasteiger partial charge on any atom is -0.308 e. The summed E-state index contributed by atoms with van der Waals surface area (Å²) in [7, 11) is 0. The summed E-state index contributed by atoms with van der Waals surface area (Å²) >= 11 is 0. The van der Waals surface area contributed by atoms with E-state index in [1.807, 2.05) is 36.7 Å². The van der Waals surface area contributed by atoms with Gasteiger partial charge < -0.3 is 9.72 Å². The van der Waals surface area contributed by atoms with Crippen LogP contribution in [-0.4, -0.2) is 15.4 Å². The summed E-state index contributed by atoms with van der Waals surface area (Å²) in [6.45, 7) is 6.73. The second-order valence-corrected chi connectivity index (χ2v) is 3.98. The number of fused-ring (bicyclic) bond motifs is 1. The number of imidazole rings is 1. The normalized spacial score (nSPS) is 12.8. The van der Waals surface area contributed by atoms with Crippen molar-refractivity contribution in [3.63, 3.8) is 0 Å². The molecule has 1 N–H and O–H groups in total. The summed E-state index contributed by atoms with van der Waals surface area (Å²) in [6, 6.07) is 6.48. The van der Waals surface area contributed by atoms with Crippen LogP contribution >= 0.6 is 0 Å². The predicted molar refractivity (Wildman–Crippen MR) is 66.3 cm³/mol. The fourth-order valence-electron chi connectivity index (χ4n) is 1.73. The van der Waals surface area contributed by atoms with Gasteiger partial charge >= 0.3 is 0 Å². The first-order valence-electron chi connectivity index (χ1n) is 5.56. The number of hydrogen-bond acceptors (Lipinski definition) is 2.